The Hall–Kier alpha value is -1.90. The van der Waals surface area contributed by atoms with Crippen LogP contribution in [0.25, 0.3) is 0 Å². The summed E-state index contributed by atoms with van der Waals surface area (Å²) >= 11 is 0. The first-order valence-electron chi connectivity index (χ1n) is 7.53. The fraction of sp³-hybridized carbons (Fsp3) is 0.412. The van der Waals surface area contributed by atoms with Crippen molar-refractivity contribution in [3.05, 3.63) is 53.3 Å². The lowest BCUT2D eigenvalue weighted by Crippen LogP contribution is -2.04. The number of hydrogen-bond acceptors (Lipinski definition) is 3. The lowest BCUT2D eigenvalue weighted by Gasteiger charge is -2.10. The molecule has 0 saturated heterocycles. The maximum absolute atomic E-state index is 4.21. The van der Waals surface area contributed by atoms with Crippen LogP contribution in [0.15, 0.2) is 36.7 Å². The van der Waals surface area contributed by atoms with Gasteiger partial charge in [0, 0.05) is 18.9 Å². The fourth-order valence-electron chi connectivity index (χ4n) is 2.72. The van der Waals surface area contributed by atoms with Gasteiger partial charge < -0.3 is 5.32 Å². The first-order valence-corrected chi connectivity index (χ1v) is 7.53. The van der Waals surface area contributed by atoms with E-state index >= 15 is 0 Å². The second-order valence-electron chi connectivity index (χ2n) is 5.98. The van der Waals surface area contributed by atoms with E-state index in [9.17, 15) is 0 Å². The van der Waals surface area contributed by atoms with Crippen LogP contribution in [0.1, 0.15) is 54.2 Å². The summed E-state index contributed by atoms with van der Waals surface area (Å²) in [5, 5.41) is 3.31. The van der Waals surface area contributed by atoms with Crippen LogP contribution in [-0.4, -0.2) is 9.97 Å². The zero-order valence-corrected chi connectivity index (χ0v) is 11.5. The number of aromatic nitrogens is 2. The Bertz CT molecular complexity index is 571. The quantitative estimate of drug-likeness (QED) is 0.892. The molecule has 0 bridgehead atoms. The first-order chi connectivity index (χ1) is 9.88. The molecule has 3 nitrogen and oxygen atoms in total. The number of hydrogen-bond donors (Lipinski definition) is 1. The molecular weight excluding hydrogens is 246 g/mol. The minimum absolute atomic E-state index is 0.706. The molecule has 0 radical (unpaired) electrons. The molecule has 20 heavy (non-hydrogen) atoms. The summed E-state index contributed by atoms with van der Waals surface area (Å²) in [6.07, 6.45) is 8.99. The van der Waals surface area contributed by atoms with Gasteiger partial charge in [0.15, 0.2) is 0 Å². The zero-order chi connectivity index (χ0) is 13.4. The fourth-order valence-corrected chi connectivity index (χ4v) is 2.72. The molecule has 102 valence electrons. The molecule has 2 aliphatic rings. The minimum Gasteiger partial charge on any atom is -0.350 e. The van der Waals surface area contributed by atoms with Gasteiger partial charge in [0.05, 0.1) is 0 Å². The highest BCUT2D eigenvalue weighted by Crippen LogP contribution is 2.45. The Kier molecular flexibility index (Phi) is 2.91. The number of anilines is 1. The van der Waals surface area contributed by atoms with Gasteiger partial charge in [-0.3, -0.25) is 0 Å². The van der Waals surface area contributed by atoms with E-state index in [0.717, 1.165) is 18.4 Å². The molecule has 0 unspecified atom stereocenters. The standard InChI is InChI=1S/C17H19N3/c1-6-18-17(19-7-1)20-11-12-8-15(13-2-3-13)10-16(9-12)14-4-5-14/h1,6-10,13-14H,2-5,11H2,(H,18,19,20). The SMILES string of the molecule is c1cnc(NCc2cc(C3CC3)cc(C3CC3)c2)nc1. The van der Waals surface area contributed by atoms with E-state index < -0.39 is 0 Å². The third kappa shape index (κ3) is 2.67. The molecule has 0 spiro atoms. The highest BCUT2D eigenvalue weighted by atomic mass is 15.1. The first kappa shape index (κ1) is 11.9. The number of nitrogens with zero attached hydrogens (tertiary/aromatic N) is 2. The van der Waals surface area contributed by atoms with Crippen molar-refractivity contribution >= 4 is 5.95 Å². The highest BCUT2D eigenvalue weighted by molar-refractivity contribution is 5.39. The van der Waals surface area contributed by atoms with E-state index in [1.165, 1.54) is 31.2 Å². The molecule has 4 rings (SSSR count). The van der Waals surface area contributed by atoms with Crippen LogP contribution in [-0.2, 0) is 6.54 Å². The minimum atomic E-state index is 0.706. The molecule has 1 aromatic carbocycles. The predicted octanol–water partition coefficient (Wildman–Crippen LogP) is 3.84. The molecule has 2 aromatic rings. The zero-order valence-electron chi connectivity index (χ0n) is 11.5. The van der Waals surface area contributed by atoms with Crippen molar-refractivity contribution in [2.24, 2.45) is 0 Å². The van der Waals surface area contributed by atoms with E-state index in [2.05, 4.69) is 33.5 Å². The molecule has 1 N–H and O–H groups in total. The summed E-state index contributed by atoms with van der Waals surface area (Å²) < 4.78 is 0. The molecule has 3 heteroatoms. The van der Waals surface area contributed by atoms with E-state index in [1.54, 1.807) is 23.5 Å². The Morgan fingerprint density at radius 1 is 0.900 bits per heavy atom. The topological polar surface area (TPSA) is 37.8 Å². The van der Waals surface area contributed by atoms with E-state index in [-0.39, 0.29) is 0 Å². The van der Waals surface area contributed by atoms with Crippen LogP contribution in [0.2, 0.25) is 0 Å². The molecule has 1 aromatic heterocycles. The number of rotatable bonds is 5. The monoisotopic (exact) mass is 265 g/mol. The van der Waals surface area contributed by atoms with Gasteiger partial charge in [-0.05, 0) is 60.3 Å². The number of benzene rings is 1. The van der Waals surface area contributed by atoms with Gasteiger partial charge in [0.1, 0.15) is 0 Å². The summed E-state index contributed by atoms with van der Waals surface area (Å²) in [5.74, 6) is 2.35. The van der Waals surface area contributed by atoms with Crippen LogP contribution in [0.5, 0.6) is 0 Å². The molecule has 2 aliphatic carbocycles. The van der Waals surface area contributed by atoms with Crippen LogP contribution < -0.4 is 5.32 Å². The predicted molar refractivity (Wildman–Crippen MR) is 79.8 cm³/mol. The van der Waals surface area contributed by atoms with Crippen molar-refractivity contribution < 1.29 is 0 Å². The van der Waals surface area contributed by atoms with Crippen LogP contribution in [0, 0.1) is 0 Å². The van der Waals surface area contributed by atoms with Crippen LogP contribution in [0.4, 0.5) is 5.95 Å². The third-order valence-corrected chi connectivity index (χ3v) is 4.15. The summed E-state index contributed by atoms with van der Waals surface area (Å²) in [7, 11) is 0. The van der Waals surface area contributed by atoms with E-state index in [0.29, 0.717) is 5.95 Å². The van der Waals surface area contributed by atoms with Gasteiger partial charge in [-0.2, -0.15) is 0 Å². The van der Waals surface area contributed by atoms with Crippen LogP contribution in [0.3, 0.4) is 0 Å². The Morgan fingerprint density at radius 2 is 1.50 bits per heavy atom. The summed E-state index contributed by atoms with van der Waals surface area (Å²) in [6, 6.07) is 9.00. The molecule has 0 atom stereocenters. The molecule has 0 amide bonds. The highest BCUT2D eigenvalue weighted by Gasteiger charge is 2.28. The van der Waals surface area contributed by atoms with Gasteiger partial charge in [-0.15, -0.1) is 0 Å². The van der Waals surface area contributed by atoms with Crippen molar-refractivity contribution in [3.63, 3.8) is 0 Å². The second kappa shape index (κ2) is 4.89. The third-order valence-electron chi connectivity index (χ3n) is 4.15. The van der Waals surface area contributed by atoms with Crippen molar-refractivity contribution in [1.82, 2.24) is 9.97 Å². The lowest BCUT2D eigenvalue weighted by atomic mass is 10.00. The summed E-state index contributed by atoms with van der Waals surface area (Å²) in [6.45, 7) is 0.810. The molecule has 2 fully saturated rings. The average molecular weight is 265 g/mol. The normalized spacial score (nSPS) is 18.0. The summed E-state index contributed by atoms with van der Waals surface area (Å²) in [5.41, 5.74) is 4.45. The van der Waals surface area contributed by atoms with Gasteiger partial charge in [0.2, 0.25) is 5.95 Å². The van der Waals surface area contributed by atoms with Crippen molar-refractivity contribution in [3.8, 4) is 0 Å². The largest absolute Gasteiger partial charge is 0.350 e. The lowest BCUT2D eigenvalue weighted by molar-refractivity contribution is 1.01. The Balaban J connectivity index is 1.54. The maximum Gasteiger partial charge on any atom is 0.222 e. The van der Waals surface area contributed by atoms with Crippen LogP contribution >= 0.6 is 0 Å². The molecule has 0 aliphatic heterocycles. The van der Waals surface area contributed by atoms with Crippen molar-refractivity contribution in [2.45, 2.75) is 44.1 Å². The van der Waals surface area contributed by atoms with Crippen molar-refractivity contribution in [2.75, 3.05) is 5.32 Å². The average Bonchev–Trinajstić information content (AvgIpc) is 3.39. The Morgan fingerprint density at radius 3 is 2.05 bits per heavy atom. The molecule has 2 saturated carbocycles. The summed E-state index contributed by atoms with van der Waals surface area (Å²) in [4.78, 5) is 8.42. The van der Waals surface area contributed by atoms with E-state index in [1.807, 2.05) is 6.07 Å². The molecule has 1 heterocycles. The van der Waals surface area contributed by atoms with Gasteiger partial charge in [0.25, 0.3) is 0 Å². The smallest absolute Gasteiger partial charge is 0.222 e. The Labute approximate surface area is 119 Å². The second-order valence-corrected chi connectivity index (χ2v) is 5.98. The van der Waals surface area contributed by atoms with Gasteiger partial charge in [-0.1, -0.05) is 18.2 Å². The maximum atomic E-state index is 4.21. The van der Waals surface area contributed by atoms with Gasteiger partial charge in [-0.25, -0.2) is 9.97 Å². The molecular formula is C17H19N3. The van der Waals surface area contributed by atoms with Gasteiger partial charge >= 0.3 is 0 Å². The number of nitrogens with one attached hydrogen (secondary N) is 1. The van der Waals surface area contributed by atoms with E-state index in [4.69, 9.17) is 0 Å². The van der Waals surface area contributed by atoms with Crippen molar-refractivity contribution in [1.29, 1.82) is 0 Å².